The van der Waals surface area contributed by atoms with Crippen molar-refractivity contribution in [2.75, 3.05) is 0 Å². The minimum Gasteiger partial charge on any atom is -0.309 e. The maximum absolute atomic E-state index is 5.24. The summed E-state index contributed by atoms with van der Waals surface area (Å²) in [7, 11) is 0. The van der Waals surface area contributed by atoms with Crippen LogP contribution in [0.4, 0.5) is 0 Å². The fourth-order valence-corrected chi connectivity index (χ4v) is 16.6. The lowest BCUT2D eigenvalue weighted by Crippen LogP contribution is -1.96. The number of hydrogen-bond acceptors (Lipinski definition) is 5. The van der Waals surface area contributed by atoms with Gasteiger partial charge in [0.25, 0.3) is 0 Å². The SMILES string of the molecule is c1ccc(-c2cc(-c3ccccc3)nc(-c3cccc(-n4c5ccccc5c5cc(-c6ccc7c(c6)c6ncccc6n7-c6ccccc6)ccc54)c3)c2)cc1.c1ccc(-n2c3ccc(-c4ccc5c(c4)c4ccccc4n5-c4cccc(-c5cc(-c6ccccn6)cc(-c6ccccn6)c5)c4)cc3c3ncccc32)cc1. The van der Waals surface area contributed by atoms with E-state index in [0.717, 1.165) is 151 Å². The molecule has 0 spiro atoms. The van der Waals surface area contributed by atoms with Crippen LogP contribution in [-0.2, 0) is 0 Å². The smallest absolute Gasteiger partial charge is 0.0963 e. The van der Waals surface area contributed by atoms with E-state index in [2.05, 4.69) is 368 Å². The first-order valence-electron chi connectivity index (χ1n) is 37.8. The molecule has 112 heavy (non-hydrogen) atoms. The molecule has 0 saturated carbocycles. The molecule has 0 fully saturated rings. The summed E-state index contributed by atoms with van der Waals surface area (Å²) in [5.41, 5.74) is 32.8. The van der Waals surface area contributed by atoms with E-state index in [1.54, 1.807) is 0 Å². The normalized spacial score (nSPS) is 11.6. The highest BCUT2D eigenvalue weighted by molar-refractivity contribution is 6.14. The van der Waals surface area contributed by atoms with Gasteiger partial charge in [0.05, 0.1) is 77.9 Å². The first-order valence-corrected chi connectivity index (χ1v) is 37.8. The zero-order valence-corrected chi connectivity index (χ0v) is 60.7. The van der Waals surface area contributed by atoms with E-state index in [-0.39, 0.29) is 0 Å². The lowest BCUT2D eigenvalue weighted by Gasteiger charge is -2.13. The van der Waals surface area contributed by atoms with Gasteiger partial charge in [-0.15, -0.1) is 0 Å². The van der Waals surface area contributed by atoms with Gasteiger partial charge in [-0.1, -0.05) is 194 Å². The molecule has 524 valence electrons. The minimum absolute atomic E-state index is 0.929. The molecule has 0 aliphatic rings. The van der Waals surface area contributed by atoms with Crippen molar-refractivity contribution >= 4 is 87.5 Å². The van der Waals surface area contributed by atoms with Crippen LogP contribution >= 0.6 is 0 Å². The summed E-state index contributed by atoms with van der Waals surface area (Å²) in [4.78, 5) is 24.3. The molecule has 22 aromatic rings. The number of hydrogen-bond donors (Lipinski definition) is 0. The molecule has 9 heterocycles. The van der Waals surface area contributed by atoms with Crippen molar-refractivity contribution in [1.29, 1.82) is 0 Å². The summed E-state index contributed by atoms with van der Waals surface area (Å²) in [5, 5.41) is 7.13. The van der Waals surface area contributed by atoms with Gasteiger partial charge in [0.15, 0.2) is 0 Å². The zero-order chi connectivity index (χ0) is 74.0. The summed E-state index contributed by atoms with van der Waals surface area (Å²) >= 11 is 0. The van der Waals surface area contributed by atoms with Crippen LogP contribution in [0, 0.1) is 0 Å². The predicted octanol–water partition coefficient (Wildman–Crippen LogP) is 26.1. The highest BCUT2D eigenvalue weighted by Crippen LogP contribution is 2.43. The van der Waals surface area contributed by atoms with Crippen molar-refractivity contribution in [2.45, 2.75) is 0 Å². The minimum atomic E-state index is 0.929. The lowest BCUT2D eigenvalue weighted by atomic mass is 9.96. The molecule has 0 radical (unpaired) electrons. The number of fused-ring (bicyclic) bond motifs is 12. The molecule has 0 aliphatic heterocycles. The Balaban J connectivity index is 0.000000141. The van der Waals surface area contributed by atoms with Crippen LogP contribution in [0.3, 0.4) is 0 Å². The number of nitrogens with zero attached hydrogens (tertiary/aromatic N) is 9. The van der Waals surface area contributed by atoms with E-state index in [0.29, 0.717) is 0 Å². The number of pyridine rings is 5. The van der Waals surface area contributed by atoms with E-state index in [9.17, 15) is 0 Å². The summed E-state index contributed by atoms with van der Waals surface area (Å²) in [5.74, 6) is 0. The first kappa shape index (κ1) is 65.1. The van der Waals surface area contributed by atoms with Crippen LogP contribution in [0.5, 0.6) is 0 Å². The van der Waals surface area contributed by atoms with Crippen molar-refractivity contribution in [2.24, 2.45) is 0 Å². The fraction of sp³-hybridized carbons (Fsp3) is 0. The maximum atomic E-state index is 5.24. The van der Waals surface area contributed by atoms with Gasteiger partial charge in [0, 0.05) is 102 Å². The van der Waals surface area contributed by atoms with Crippen molar-refractivity contribution < 1.29 is 0 Å². The molecule has 0 saturated heterocycles. The third kappa shape index (κ3) is 11.5. The van der Waals surface area contributed by atoms with Gasteiger partial charge >= 0.3 is 0 Å². The number of benzene rings is 13. The second-order valence-corrected chi connectivity index (χ2v) is 28.4. The summed E-state index contributed by atoms with van der Waals surface area (Å²) in [6.07, 6.45) is 7.46. The van der Waals surface area contributed by atoms with Crippen molar-refractivity contribution in [3.63, 3.8) is 0 Å². The maximum Gasteiger partial charge on any atom is 0.0963 e. The van der Waals surface area contributed by atoms with Crippen LogP contribution in [0.25, 0.3) is 200 Å². The van der Waals surface area contributed by atoms with E-state index < -0.39 is 0 Å². The summed E-state index contributed by atoms with van der Waals surface area (Å²) in [6.45, 7) is 0. The second kappa shape index (κ2) is 27.5. The Morgan fingerprint density at radius 2 is 0.482 bits per heavy atom. The molecular weight excluding hydrogens is 1360 g/mol. The number of aromatic nitrogens is 9. The molecule has 0 atom stereocenters. The van der Waals surface area contributed by atoms with Gasteiger partial charge in [-0.05, 0) is 233 Å². The van der Waals surface area contributed by atoms with Gasteiger partial charge in [-0.2, -0.15) is 0 Å². The molecule has 0 amide bonds. The van der Waals surface area contributed by atoms with E-state index in [4.69, 9.17) is 15.0 Å². The third-order valence-electron chi connectivity index (χ3n) is 21.8. The van der Waals surface area contributed by atoms with Gasteiger partial charge in [0.2, 0.25) is 0 Å². The van der Waals surface area contributed by atoms with Crippen LogP contribution in [-0.4, -0.2) is 43.2 Å². The van der Waals surface area contributed by atoms with Crippen LogP contribution in [0.2, 0.25) is 0 Å². The van der Waals surface area contributed by atoms with Gasteiger partial charge < -0.3 is 18.3 Å². The van der Waals surface area contributed by atoms with Crippen LogP contribution < -0.4 is 0 Å². The molecule has 13 aromatic carbocycles. The number of rotatable bonds is 12. The lowest BCUT2D eigenvalue weighted by molar-refractivity contribution is 1.17. The van der Waals surface area contributed by atoms with Crippen LogP contribution in [0.1, 0.15) is 0 Å². The highest BCUT2D eigenvalue weighted by Gasteiger charge is 2.22. The van der Waals surface area contributed by atoms with Gasteiger partial charge in [-0.25, -0.2) is 4.98 Å². The Morgan fingerprint density at radius 1 is 0.152 bits per heavy atom. The van der Waals surface area contributed by atoms with Gasteiger partial charge in [-0.3, -0.25) is 19.9 Å². The summed E-state index contributed by atoms with van der Waals surface area (Å²) in [6, 6.07) is 136. The van der Waals surface area contributed by atoms with Crippen LogP contribution in [0.15, 0.2) is 407 Å². The third-order valence-corrected chi connectivity index (χ3v) is 21.8. The monoisotopic (exact) mass is 1430 g/mol. The van der Waals surface area contributed by atoms with Crippen molar-refractivity contribution in [3.05, 3.63) is 407 Å². The topological polar surface area (TPSA) is 84.2 Å². The molecule has 0 bridgehead atoms. The molecule has 0 unspecified atom stereocenters. The van der Waals surface area contributed by atoms with Gasteiger partial charge in [0.1, 0.15) is 0 Å². The quantitative estimate of drug-likeness (QED) is 0.122. The van der Waals surface area contributed by atoms with Crippen molar-refractivity contribution in [3.8, 4) is 112 Å². The first-order chi connectivity index (χ1) is 55.5. The molecule has 9 heteroatoms. The molecule has 22 rings (SSSR count). The van der Waals surface area contributed by atoms with E-state index in [1.165, 1.54) is 49.3 Å². The zero-order valence-electron chi connectivity index (χ0n) is 60.7. The largest absolute Gasteiger partial charge is 0.309 e. The predicted molar refractivity (Wildman–Crippen MR) is 463 cm³/mol. The molecule has 0 aliphatic carbocycles. The van der Waals surface area contributed by atoms with E-state index >= 15 is 0 Å². The summed E-state index contributed by atoms with van der Waals surface area (Å²) < 4.78 is 9.39. The number of para-hydroxylation sites is 4. The molecule has 9 aromatic heterocycles. The average molecular weight is 1430 g/mol. The second-order valence-electron chi connectivity index (χ2n) is 28.4. The molecule has 9 nitrogen and oxygen atoms in total. The van der Waals surface area contributed by atoms with E-state index in [1.807, 2.05) is 67.3 Å². The Kier molecular flexibility index (Phi) is 16.0. The standard InChI is InChI=1S/C52H34N4.C51H33N5/c1-4-14-35(15-5-1)40-33-46(36-16-6-2-7-17-36)54-47(34-40)39-18-12-21-42(30-39)56-48-23-11-10-22-43(48)44-31-37(25-27-49(44)56)38-26-28-50-45(32-38)52-51(24-13-29-53-52)55(50)41-19-8-3-9-20-41;1-2-13-40(14-3-1)55-49-24-22-36(33-44(49)51-50(55)20-11-27-54-51)35-21-23-48-43(32-35)42-16-4-5-19-47(42)56(48)41-15-10-12-34(31-41)37-28-38(45-17-6-8-25-52-45)30-39(29-37)46-18-7-9-26-53-46/h1-34H;1-33H. The molecule has 0 N–H and O–H groups in total. The molecular formula is C103H67N9. The average Bonchev–Trinajstić information content (AvgIpc) is 1.60. The Hall–Kier alpha value is -15.2. The highest BCUT2D eigenvalue weighted by atomic mass is 15.0. The Bertz CT molecular complexity index is 6790. The van der Waals surface area contributed by atoms with Crippen molar-refractivity contribution in [1.82, 2.24) is 43.2 Å². The Morgan fingerprint density at radius 3 is 0.964 bits per heavy atom. The Labute approximate surface area is 645 Å². The fourth-order valence-electron chi connectivity index (χ4n) is 16.6.